The molecule has 23 heavy (non-hydrogen) atoms. The van der Waals surface area contributed by atoms with E-state index in [9.17, 15) is 22.8 Å². The number of esters is 1. The summed E-state index contributed by atoms with van der Waals surface area (Å²) in [5, 5.41) is 11.5. The Morgan fingerprint density at radius 1 is 1.43 bits per heavy atom. The molecule has 1 aromatic heterocycles. The number of hydrogen-bond acceptors (Lipinski definition) is 7. The summed E-state index contributed by atoms with van der Waals surface area (Å²) in [6.07, 6.45) is -3.32. The number of aromatic nitrogens is 2. The van der Waals surface area contributed by atoms with Crippen molar-refractivity contribution in [1.29, 1.82) is 0 Å². The molecule has 0 saturated carbocycles. The van der Waals surface area contributed by atoms with E-state index in [0.717, 1.165) is 11.5 Å². The number of nitrogens with one attached hydrogen (secondary N) is 1. The van der Waals surface area contributed by atoms with Crippen molar-refractivity contribution in [2.45, 2.75) is 26.1 Å². The summed E-state index contributed by atoms with van der Waals surface area (Å²) in [5.74, 6) is -3.44. The van der Waals surface area contributed by atoms with Crippen LogP contribution in [0, 0.1) is 0 Å². The highest BCUT2D eigenvalue weighted by atomic mass is 32.1. The average Bonchev–Trinajstić information content (AvgIpc) is 2.93. The highest BCUT2D eigenvalue weighted by molar-refractivity contribution is 7.07. The molecule has 1 rings (SSSR count). The Morgan fingerprint density at radius 3 is 2.43 bits per heavy atom. The lowest BCUT2D eigenvalue weighted by Gasteiger charge is -2.03. The van der Waals surface area contributed by atoms with Crippen molar-refractivity contribution in [2.75, 3.05) is 13.7 Å². The van der Waals surface area contributed by atoms with E-state index in [1.54, 1.807) is 10.9 Å². The monoisotopic (exact) mass is 357 g/mol. The van der Waals surface area contributed by atoms with Crippen molar-refractivity contribution in [1.82, 2.24) is 9.81 Å². The summed E-state index contributed by atoms with van der Waals surface area (Å²) in [6.45, 7) is 2.85. The molecule has 0 radical (unpaired) electrons. The van der Waals surface area contributed by atoms with Crippen LogP contribution in [-0.2, 0) is 20.9 Å². The van der Waals surface area contributed by atoms with Gasteiger partial charge in [0, 0.05) is 18.1 Å². The summed E-state index contributed by atoms with van der Waals surface area (Å²) < 4.78 is 41.6. The molecule has 0 bridgehead atoms. The summed E-state index contributed by atoms with van der Waals surface area (Å²) in [5.41, 5.74) is 0. The fourth-order valence-corrected chi connectivity index (χ4v) is 1.69. The van der Waals surface area contributed by atoms with Crippen LogP contribution >= 0.6 is 11.5 Å². The number of carbonyl (C=O) groups excluding carboxylic acids is 3. The zero-order valence-corrected chi connectivity index (χ0v) is 13.0. The quantitative estimate of drug-likeness (QED) is 0.537. The maximum Gasteiger partial charge on any atom is 0.430 e. The van der Waals surface area contributed by atoms with Crippen LogP contribution in [0.1, 0.15) is 23.0 Å². The molecule has 1 N–H and O–H groups in total. The summed E-state index contributed by atoms with van der Waals surface area (Å²) in [6, 6.07) is 0. The van der Waals surface area contributed by atoms with Crippen molar-refractivity contribution in [3.05, 3.63) is 11.1 Å². The lowest BCUT2D eigenvalue weighted by atomic mass is 10.4. The van der Waals surface area contributed by atoms with E-state index in [1.807, 2.05) is 6.92 Å². The van der Waals surface area contributed by atoms with Crippen LogP contribution in [-0.4, -0.2) is 42.2 Å². The molecule has 130 valence electrons. The van der Waals surface area contributed by atoms with Crippen molar-refractivity contribution >= 4 is 29.4 Å². The number of alkyl halides is 3. The second-order valence-corrected chi connectivity index (χ2v) is 4.59. The third kappa shape index (κ3) is 8.70. The molecule has 0 aliphatic carbocycles. The zero-order chi connectivity index (χ0) is 18.0. The van der Waals surface area contributed by atoms with Crippen LogP contribution in [0.15, 0.2) is 6.20 Å². The van der Waals surface area contributed by atoms with Crippen LogP contribution in [0.3, 0.4) is 0 Å². The number of carboxylic acid groups (broad SMARTS) is 1. The number of aryl methyl sites for hydroxylation is 1. The first kappa shape index (κ1) is 20.8. The Kier molecular flexibility index (Phi) is 8.77. The summed E-state index contributed by atoms with van der Waals surface area (Å²) in [7, 11) is 1.34. The third-order valence-corrected chi connectivity index (χ3v) is 2.85. The molecule has 0 aliphatic rings. The van der Waals surface area contributed by atoms with Crippen LogP contribution in [0.2, 0.25) is 0 Å². The SMILES string of the molecule is CCNC(=O)c1c[n+](CCC(=O)OC)ns1.O=C([O-])C(F)(F)F. The van der Waals surface area contributed by atoms with Gasteiger partial charge in [-0.25, -0.2) is 0 Å². The first-order valence-electron chi connectivity index (χ1n) is 6.11. The number of rotatable bonds is 5. The average molecular weight is 357 g/mol. The molecule has 0 atom stereocenters. The first-order valence-corrected chi connectivity index (χ1v) is 6.88. The van der Waals surface area contributed by atoms with Crippen molar-refractivity contribution in [3.8, 4) is 0 Å². The van der Waals surface area contributed by atoms with Crippen LogP contribution in [0.4, 0.5) is 13.2 Å². The van der Waals surface area contributed by atoms with Crippen LogP contribution < -0.4 is 15.1 Å². The van der Waals surface area contributed by atoms with E-state index in [-0.39, 0.29) is 18.3 Å². The minimum atomic E-state index is -5.19. The van der Waals surface area contributed by atoms with Gasteiger partial charge in [-0.2, -0.15) is 13.2 Å². The number of carbonyl (C=O) groups is 3. The Hall–Kier alpha value is -2.24. The molecular weight excluding hydrogens is 343 g/mol. The summed E-state index contributed by atoms with van der Waals surface area (Å²) in [4.78, 5) is 31.6. The minimum absolute atomic E-state index is 0.142. The maximum atomic E-state index is 11.4. The zero-order valence-electron chi connectivity index (χ0n) is 12.2. The molecule has 0 spiro atoms. The number of aliphatic carboxylic acids is 1. The van der Waals surface area contributed by atoms with Crippen molar-refractivity contribution < 1.29 is 42.1 Å². The van der Waals surface area contributed by atoms with E-state index in [1.165, 1.54) is 7.11 Å². The fourth-order valence-electron chi connectivity index (χ4n) is 1.04. The van der Waals surface area contributed by atoms with E-state index in [2.05, 4.69) is 14.5 Å². The van der Waals surface area contributed by atoms with Gasteiger partial charge in [0.05, 0.1) is 11.6 Å². The molecule has 12 heteroatoms. The number of amides is 1. The number of nitrogens with zero attached hydrogens (tertiary/aromatic N) is 2. The van der Waals surface area contributed by atoms with Gasteiger partial charge in [0.2, 0.25) is 6.20 Å². The van der Waals surface area contributed by atoms with Gasteiger partial charge in [0.25, 0.3) is 5.91 Å². The molecule has 0 aliphatic heterocycles. The smallest absolute Gasteiger partial charge is 0.430 e. The maximum absolute atomic E-state index is 11.4. The number of carboxylic acids is 1. The second-order valence-electron chi connectivity index (χ2n) is 3.80. The molecule has 0 aromatic carbocycles. The topological polar surface area (TPSA) is 112 Å². The normalized spacial score (nSPS) is 10.3. The lowest BCUT2D eigenvalue weighted by Crippen LogP contribution is -2.37. The number of methoxy groups -OCH3 is 1. The van der Waals surface area contributed by atoms with Gasteiger partial charge in [-0.1, -0.05) is 4.68 Å². The molecule has 0 saturated heterocycles. The Morgan fingerprint density at radius 2 is 2.00 bits per heavy atom. The van der Waals surface area contributed by atoms with Crippen molar-refractivity contribution in [2.24, 2.45) is 0 Å². The highest BCUT2D eigenvalue weighted by Crippen LogP contribution is 2.11. The van der Waals surface area contributed by atoms with Gasteiger partial charge < -0.3 is 20.0 Å². The van der Waals surface area contributed by atoms with Gasteiger partial charge in [-0.05, 0) is 6.92 Å². The van der Waals surface area contributed by atoms with Gasteiger partial charge in [-0.15, -0.1) is 0 Å². The predicted molar refractivity (Wildman–Crippen MR) is 68.0 cm³/mol. The van der Waals surface area contributed by atoms with E-state index in [0.29, 0.717) is 18.0 Å². The largest absolute Gasteiger partial charge is 0.542 e. The molecular formula is C11H14F3N3O5S. The first-order chi connectivity index (χ1) is 10.6. The Bertz CT molecular complexity index is 547. The number of ether oxygens (including phenoxy) is 1. The van der Waals surface area contributed by atoms with Gasteiger partial charge in [0.15, 0.2) is 11.4 Å². The summed E-state index contributed by atoms with van der Waals surface area (Å²) >= 11 is 1.11. The number of halogens is 3. The molecule has 8 nitrogen and oxygen atoms in total. The van der Waals surface area contributed by atoms with Gasteiger partial charge >= 0.3 is 12.1 Å². The molecule has 1 aromatic rings. The fraction of sp³-hybridized carbons (Fsp3) is 0.545. The van der Waals surface area contributed by atoms with E-state index in [4.69, 9.17) is 9.90 Å². The van der Waals surface area contributed by atoms with Gasteiger partial charge in [-0.3, -0.25) is 9.59 Å². The van der Waals surface area contributed by atoms with Crippen LogP contribution in [0.25, 0.3) is 0 Å². The molecule has 1 heterocycles. The highest BCUT2D eigenvalue weighted by Gasteiger charge is 2.28. The Balaban J connectivity index is 0.000000585. The molecule has 1 amide bonds. The van der Waals surface area contributed by atoms with E-state index < -0.39 is 12.1 Å². The third-order valence-electron chi connectivity index (χ3n) is 2.08. The number of hydrogen-bond donors (Lipinski definition) is 1. The lowest BCUT2D eigenvalue weighted by molar-refractivity contribution is -0.745. The van der Waals surface area contributed by atoms with Gasteiger partial charge in [0.1, 0.15) is 12.4 Å². The van der Waals surface area contributed by atoms with E-state index >= 15 is 0 Å². The van der Waals surface area contributed by atoms with Crippen molar-refractivity contribution in [3.63, 3.8) is 0 Å². The molecule has 0 fully saturated rings. The molecule has 0 unspecified atom stereocenters. The van der Waals surface area contributed by atoms with Crippen LogP contribution in [0.5, 0.6) is 0 Å². The standard InChI is InChI=1S/C9H13N3O3S.C2HF3O2/c1-3-10-9(14)7-6-12(11-16-7)5-4-8(13)15-2;3-2(4,5)1(6)7/h6H,3-5H2,1-2H3;(H,6,7). The second kappa shape index (κ2) is 9.71. The Labute approximate surface area is 133 Å². The predicted octanol–water partition coefficient (Wildman–Crippen LogP) is -0.958. The minimum Gasteiger partial charge on any atom is -0.542 e.